The van der Waals surface area contributed by atoms with E-state index in [1.807, 2.05) is 108 Å². The molecule has 1 atom stereocenters. The largest absolute Gasteiger partial charge is 0.378 e. The number of amidine groups is 1. The molecule has 4 rings (SSSR count). The molecule has 0 N–H and O–H groups in total. The van der Waals surface area contributed by atoms with Gasteiger partial charge in [-0.25, -0.2) is 5.01 Å². The number of rotatable bonds is 5. The standard InChI is InChI=1S/C24H23ClN4O/c1-17(30)23-26-29(22-7-5-4-6-8-22)24(18-9-11-19(25)12-10-18)28(23)21-15-13-20(14-16-21)27(2)3/h4-16,24H,1-3H3. The summed E-state index contributed by atoms with van der Waals surface area (Å²) in [5.74, 6) is 0.306. The van der Waals surface area contributed by atoms with Crippen molar-refractivity contribution in [3.63, 3.8) is 0 Å². The smallest absolute Gasteiger partial charge is 0.198 e. The van der Waals surface area contributed by atoms with Crippen LogP contribution in [0, 0.1) is 0 Å². The van der Waals surface area contributed by atoms with Crippen molar-refractivity contribution in [2.45, 2.75) is 13.1 Å². The van der Waals surface area contributed by atoms with E-state index in [1.54, 1.807) is 6.92 Å². The minimum absolute atomic E-state index is 0.0934. The lowest BCUT2D eigenvalue weighted by atomic mass is 10.1. The third-order valence-electron chi connectivity index (χ3n) is 5.05. The normalized spacial score (nSPS) is 15.9. The third kappa shape index (κ3) is 3.76. The van der Waals surface area contributed by atoms with Crippen molar-refractivity contribution in [2.75, 3.05) is 28.9 Å². The molecule has 0 radical (unpaired) electrons. The average molecular weight is 419 g/mol. The highest BCUT2D eigenvalue weighted by atomic mass is 35.5. The van der Waals surface area contributed by atoms with Gasteiger partial charge >= 0.3 is 0 Å². The molecular weight excluding hydrogens is 396 g/mol. The summed E-state index contributed by atoms with van der Waals surface area (Å²) in [5, 5.41) is 7.29. The number of halogens is 1. The Labute approximate surface area is 181 Å². The second-order valence-corrected chi connectivity index (χ2v) is 7.80. The number of hydrogen-bond donors (Lipinski definition) is 0. The molecule has 5 nitrogen and oxygen atoms in total. The lowest BCUT2D eigenvalue weighted by molar-refractivity contribution is -0.111. The number of hydrogen-bond acceptors (Lipinski definition) is 5. The third-order valence-corrected chi connectivity index (χ3v) is 5.31. The van der Waals surface area contributed by atoms with Gasteiger partial charge in [-0.15, -0.1) is 5.10 Å². The number of anilines is 3. The van der Waals surface area contributed by atoms with Crippen LogP contribution in [0.15, 0.2) is 84.0 Å². The van der Waals surface area contributed by atoms with Crippen LogP contribution in [0.5, 0.6) is 0 Å². The number of carbonyl (C=O) groups is 1. The Balaban J connectivity index is 1.86. The van der Waals surface area contributed by atoms with E-state index in [0.717, 1.165) is 22.6 Å². The highest BCUT2D eigenvalue weighted by Crippen LogP contribution is 2.39. The molecule has 0 bridgehead atoms. The van der Waals surface area contributed by atoms with E-state index < -0.39 is 0 Å². The molecule has 1 aliphatic heterocycles. The molecule has 1 aliphatic rings. The number of carbonyl (C=O) groups excluding carboxylic acids is 1. The van der Waals surface area contributed by atoms with E-state index in [2.05, 4.69) is 0 Å². The fourth-order valence-corrected chi connectivity index (χ4v) is 3.68. The quantitative estimate of drug-likeness (QED) is 0.561. The first-order chi connectivity index (χ1) is 14.5. The fourth-order valence-electron chi connectivity index (χ4n) is 3.55. The minimum atomic E-state index is -0.311. The van der Waals surface area contributed by atoms with Gasteiger partial charge in [-0.3, -0.25) is 9.69 Å². The van der Waals surface area contributed by atoms with Crippen molar-refractivity contribution in [3.8, 4) is 0 Å². The van der Waals surface area contributed by atoms with Crippen LogP contribution in [0.4, 0.5) is 17.1 Å². The molecule has 0 amide bonds. The summed E-state index contributed by atoms with van der Waals surface area (Å²) in [6.45, 7) is 1.55. The van der Waals surface area contributed by atoms with Gasteiger partial charge in [-0.2, -0.15) is 0 Å². The monoisotopic (exact) mass is 418 g/mol. The van der Waals surface area contributed by atoms with Crippen molar-refractivity contribution in [3.05, 3.63) is 89.4 Å². The Morgan fingerprint density at radius 2 is 1.53 bits per heavy atom. The van der Waals surface area contributed by atoms with Crippen LogP contribution in [0.3, 0.4) is 0 Å². The van der Waals surface area contributed by atoms with Gasteiger partial charge in [-0.1, -0.05) is 41.9 Å². The lowest BCUT2D eigenvalue weighted by Crippen LogP contribution is -2.37. The lowest BCUT2D eigenvalue weighted by Gasteiger charge is -2.32. The summed E-state index contributed by atoms with van der Waals surface area (Å²) >= 11 is 6.14. The molecule has 3 aromatic rings. The van der Waals surface area contributed by atoms with E-state index in [1.165, 1.54) is 0 Å². The summed E-state index contributed by atoms with van der Waals surface area (Å²) in [6, 6.07) is 25.7. The van der Waals surface area contributed by atoms with Crippen LogP contribution in [0.25, 0.3) is 0 Å². The predicted molar refractivity (Wildman–Crippen MR) is 124 cm³/mol. The number of hydrazone groups is 1. The molecule has 30 heavy (non-hydrogen) atoms. The summed E-state index contributed by atoms with van der Waals surface area (Å²) < 4.78 is 0. The Hall–Kier alpha value is -3.31. The second kappa shape index (κ2) is 8.20. The van der Waals surface area contributed by atoms with E-state index >= 15 is 0 Å². The van der Waals surface area contributed by atoms with E-state index in [0.29, 0.717) is 10.9 Å². The van der Waals surface area contributed by atoms with E-state index in [9.17, 15) is 4.79 Å². The average Bonchev–Trinajstić information content (AvgIpc) is 3.16. The van der Waals surface area contributed by atoms with Crippen LogP contribution in [-0.4, -0.2) is 25.7 Å². The first-order valence-electron chi connectivity index (χ1n) is 9.71. The van der Waals surface area contributed by atoms with Gasteiger partial charge in [0.1, 0.15) is 0 Å². The fraction of sp³-hybridized carbons (Fsp3) is 0.167. The summed E-state index contributed by atoms with van der Waals surface area (Å²) in [6.07, 6.45) is -0.311. The zero-order chi connectivity index (χ0) is 21.3. The van der Waals surface area contributed by atoms with Gasteiger partial charge in [0.15, 0.2) is 17.8 Å². The van der Waals surface area contributed by atoms with Crippen molar-refractivity contribution in [1.29, 1.82) is 0 Å². The molecule has 1 unspecified atom stereocenters. The molecule has 0 fully saturated rings. The molecule has 0 spiro atoms. The van der Waals surface area contributed by atoms with Crippen LogP contribution in [0.1, 0.15) is 18.7 Å². The van der Waals surface area contributed by atoms with Gasteiger partial charge in [0.25, 0.3) is 0 Å². The highest BCUT2D eigenvalue weighted by Gasteiger charge is 2.39. The summed E-state index contributed by atoms with van der Waals surface area (Å²) in [5.41, 5.74) is 3.87. The summed E-state index contributed by atoms with van der Waals surface area (Å²) in [7, 11) is 4.00. The molecule has 6 heteroatoms. The van der Waals surface area contributed by atoms with Crippen molar-refractivity contribution in [1.82, 2.24) is 0 Å². The first kappa shape index (κ1) is 20.0. The van der Waals surface area contributed by atoms with Gasteiger partial charge in [0.05, 0.1) is 5.69 Å². The molecule has 0 aromatic heterocycles. The number of benzene rings is 3. The number of nitrogens with zero attached hydrogens (tertiary/aromatic N) is 4. The number of Topliss-reactive ketones (excluding diaryl/α,β-unsaturated/α-hetero) is 1. The molecule has 0 aliphatic carbocycles. The van der Waals surface area contributed by atoms with Crippen LogP contribution >= 0.6 is 11.6 Å². The topological polar surface area (TPSA) is 39.2 Å². The number of ketones is 1. The minimum Gasteiger partial charge on any atom is -0.378 e. The van der Waals surface area contributed by atoms with Gasteiger partial charge in [0.2, 0.25) is 0 Å². The predicted octanol–water partition coefficient (Wildman–Crippen LogP) is 5.33. The highest BCUT2D eigenvalue weighted by molar-refractivity contribution is 6.44. The molecule has 1 heterocycles. The zero-order valence-electron chi connectivity index (χ0n) is 17.2. The maximum absolute atomic E-state index is 12.6. The zero-order valence-corrected chi connectivity index (χ0v) is 17.9. The SMILES string of the molecule is CC(=O)C1=NN(c2ccccc2)C(c2ccc(Cl)cc2)N1c1ccc(N(C)C)cc1. The Kier molecular flexibility index (Phi) is 5.46. The molecule has 0 saturated carbocycles. The molecule has 0 saturated heterocycles. The van der Waals surface area contributed by atoms with E-state index in [-0.39, 0.29) is 11.9 Å². The Bertz CT molecular complexity index is 1060. The van der Waals surface area contributed by atoms with Crippen molar-refractivity contribution < 1.29 is 4.79 Å². The Morgan fingerprint density at radius 3 is 2.10 bits per heavy atom. The molecule has 3 aromatic carbocycles. The molecular formula is C24H23ClN4O. The first-order valence-corrected chi connectivity index (χ1v) is 10.1. The number of para-hydroxylation sites is 1. The van der Waals surface area contributed by atoms with Crippen molar-refractivity contribution >= 4 is 40.3 Å². The summed E-state index contributed by atoms with van der Waals surface area (Å²) in [4.78, 5) is 16.6. The van der Waals surface area contributed by atoms with Gasteiger partial charge in [-0.05, 0) is 54.1 Å². The maximum Gasteiger partial charge on any atom is 0.198 e. The second-order valence-electron chi connectivity index (χ2n) is 7.37. The molecule has 152 valence electrons. The van der Waals surface area contributed by atoms with Gasteiger partial charge < -0.3 is 4.90 Å². The maximum atomic E-state index is 12.6. The van der Waals surface area contributed by atoms with E-state index in [4.69, 9.17) is 16.7 Å². The van der Waals surface area contributed by atoms with Crippen LogP contribution in [0.2, 0.25) is 5.02 Å². The Morgan fingerprint density at radius 1 is 0.900 bits per heavy atom. The van der Waals surface area contributed by atoms with Crippen molar-refractivity contribution in [2.24, 2.45) is 5.10 Å². The van der Waals surface area contributed by atoms with Gasteiger partial charge in [0, 0.05) is 37.4 Å². The van der Waals surface area contributed by atoms with Crippen LogP contribution < -0.4 is 14.8 Å². The van der Waals surface area contributed by atoms with Crippen LogP contribution in [-0.2, 0) is 4.79 Å².